The molecule has 6 heteroatoms. The van der Waals surface area contributed by atoms with Crippen molar-refractivity contribution in [3.8, 4) is 0 Å². The van der Waals surface area contributed by atoms with E-state index in [0.29, 0.717) is 23.4 Å². The summed E-state index contributed by atoms with van der Waals surface area (Å²) in [4.78, 5) is 4.59. The third-order valence-electron chi connectivity index (χ3n) is 3.44. The van der Waals surface area contributed by atoms with Gasteiger partial charge in [0.2, 0.25) is 10.0 Å². The molecule has 0 bridgehead atoms. The van der Waals surface area contributed by atoms with E-state index in [-0.39, 0.29) is 6.04 Å². The predicted molar refractivity (Wildman–Crippen MR) is 84.6 cm³/mol. The Labute approximate surface area is 125 Å². The number of fused-ring (bicyclic) bond motifs is 1. The van der Waals surface area contributed by atoms with Crippen LogP contribution in [0, 0.1) is 6.92 Å². The average Bonchev–Trinajstić information content (AvgIpc) is 2.44. The van der Waals surface area contributed by atoms with Gasteiger partial charge in [-0.1, -0.05) is 6.07 Å². The largest absolute Gasteiger partial charge is 0.329 e. The monoisotopic (exact) mass is 307 g/mol. The molecule has 0 unspecified atom stereocenters. The van der Waals surface area contributed by atoms with E-state index in [1.165, 1.54) is 4.31 Å². The zero-order chi connectivity index (χ0) is 15.6. The molecule has 0 aliphatic rings. The predicted octanol–water partition coefficient (Wildman–Crippen LogP) is 1.90. The lowest BCUT2D eigenvalue weighted by Gasteiger charge is -2.26. The number of nitrogens with two attached hydrogens (primary N) is 1. The first-order valence-electron chi connectivity index (χ1n) is 6.96. The molecular weight excluding hydrogens is 286 g/mol. The van der Waals surface area contributed by atoms with Gasteiger partial charge in [-0.2, -0.15) is 4.31 Å². The van der Waals surface area contributed by atoms with Crippen LogP contribution in [0.4, 0.5) is 0 Å². The smallest absolute Gasteiger partial charge is 0.244 e. The summed E-state index contributed by atoms with van der Waals surface area (Å²) in [6.45, 7) is 6.21. The Balaban J connectivity index is 2.68. The Morgan fingerprint density at radius 2 is 2.00 bits per heavy atom. The van der Waals surface area contributed by atoms with Crippen LogP contribution in [0.1, 0.15) is 19.4 Å². The highest BCUT2D eigenvalue weighted by atomic mass is 32.2. The van der Waals surface area contributed by atoms with Crippen molar-refractivity contribution >= 4 is 20.9 Å². The van der Waals surface area contributed by atoms with E-state index in [2.05, 4.69) is 4.98 Å². The molecule has 1 heterocycles. The molecule has 0 aliphatic heterocycles. The Morgan fingerprint density at radius 1 is 1.29 bits per heavy atom. The Morgan fingerprint density at radius 3 is 2.62 bits per heavy atom. The summed E-state index contributed by atoms with van der Waals surface area (Å²) >= 11 is 0. The molecule has 114 valence electrons. The van der Waals surface area contributed by atoms with Crippen LogP contribution in [0.5, 0.6) is 0 Å². The van der Waals surface area contributed by atoms with Gasteiger partial charge < -0.3 is 5.73 Å². The molecule has 0 radical (unpaired) electrons. The summed E-state index contributed by atoms with van der Waals surface area (Å²) in [7, 11) is -3.59. The van der Waals surface area contributed by atoms with Crippen molar-refractivity contribution in [1.82, 2.24) is 9.29 Å². The van der Waals surface area contributed by atoms with Crippen molar-refractivity contribution in [1.29, 1.82) is 0 Å². The number of pyridine rings is 1. The summed E-state index contributed by atoms with van der Waals surface area (Å²) in [6, 6.07) is 6.85. The van der Waals surface area contributed by atoms with Crippen LogP contribution in [-0.2, 0) is 10.0 Å². The molecule has 0 atom stereocenters. The zero-order valence-corrected chi connectivity index (χ0v) is 13.4. The molecule has 5 nitrogen and oxygen atoms in total. The van der Waals surface area contributed by atoms with E-state index in [0.717, 1.165) is 11.1 Å². The maximum absolute atomic E-state index is 12.9. The van der Waals surface area contributed by atoms with Gasteiger partial charge >= 0.3 is 0 Å². The van der Waals surface area contributed by atoms with Crippen molar-refractivity contribution in [2.45, 2.75) is 31.7 Å². The van der Waals surface area contributed by atoms with Crippen molar-refractivity contribution < 1.29 is 8.42 Å². The Hall–Kier alpha value is -1.50. The van der Waals surface area contributed by atoms with Crippen LogP contribution in [-0.4, -0.2) is 36.8 Å². The molecule has 2 aromatic rings. The lowest BCUT2D eigenvalue weighted by Crippen LogP contribution is -2.40. The minimum atomic E-state index is -3.59. The fourth-order valence-electron chi connectivity index (χ4n) is 2.42. The molecule has 0 amide bonds. The minimum Gasteiger partial charge on any atom is -0.329 e. The van der Waals surface area contributed by atoms with Crippen molar-refractivity contribution in [2.24, 2.45) is 5.73 Å². The summed E-state index contributed by atoms with van der Waals surface area (Å²) in [5, 5.41) is 0.653. The minimum absolute atomic E-state index is 0.147. The van der Waals surface area contributed by atoms with Crippen LogP contribution in [0.3, 0.4) is 0 Å². The third kappa shape index (κ3) is 2.92. The first kappa shape index (κ1) is 15.9. The SMILES string of the molecule is Cc1ccc(S(=O)(=O)N(CCN)C(C)C)c2cccnc12. The Kier molecular flexibility index (Phi) is 4.61. The molecular formula is C15H21N3O2S. The van der Waals surface area contributed by atoms with E-state index in [9.17, 15) is 8.42 Å². The van der Waals surface area contributed by atoms with Gasteiger partial charge in [-0.15, -0.1) is 0 Å². The summed E-state index contributed by atoms with van der Waals surface area (Å²) < 4.78 is 27.3. The van der Waals surface area contributed by atoms with Gasteiger partial charge in [-0.05, 0) is 44.5 Å². The van der Waals surface area contributed by atoms with E-state index in [1.54, 1.807) is 30.5 Å². The number of aryl methyl sites for hydroxylation is 1. The second-order valence-corrected chi connectivity index (χ2v) is 7.14. The number of rotatable bonds is 5. The van der Waals surface area contributed by atoms with Crippen molar-refractivity contribution in [3.05, 3.63) is 36.0 Å². The molecule has 2 rings (SSSR count). The lowest BCUT2D eigenvalue weighted by atomic mass is 10.1. The second kappa shape index (κ2) is 6.09. The summed E-state index contributed by atoms with van der Waals surface area (Å²) in [6.07, 6.45) is 1.67. The summed E-state index contributed by atoms with van der Waals surface area (Å²) in [5.41, 5.74) is 7.24. The standard InChI is InChI=1S/C15H21N3O2S/c1-11(2)18(10-8-16)21(19,20)14-7-6-12(3)15-13(14)5-4-9-17-15/h4-7,9,11H,8,10,16H2,1-3H3. The van der Waals surface area contributed by atoms with E-state index >= 15 is 0 Å². The average molecular weight is 307 g/mol. The molecule has 21 heavy (non-hydrogen) atoms. The van der Waals surface area contributed by atoms with Crippen LogP contribution < -0.4 is 5.73 Å². The first-order chi connectivity index (χ1) is 9.89. The number of hydrogen-bond acceptors (Lipinski definition) is 4. The highest BCUT2D eigenvalue weighted by molar-refractivity contribution is 7.89. The molecule has 1 aromatic heterocycles. The van der Waals surface area contributed by atoms with Gasteiger partial charge in [0.15, 0.2) is 0 Å². The van der Waals surface area contributed by atoms with E-state index in [4.69, 9.17) is 5.73 Å². The molecule has 0 saturated carbocycles. The first-order valence-corrected chi connectivity index (χ1v) is 8.40. The topological polar surface area (TPSA) is 76.3 Å². The maximum atomic E-state index is 12.9. The molecule has 0 saturated heterocycles. The number of hydrogen-bond donors (Lipinski definition) is 1. The molecule has 2 N–H and O–H groups in total. The van der Waals surface area contributed by atoms with Gasteiger partial charge in [0.1, 0.15) is 0 Å². The van der Waals surface area contributed by atoms with Crippen LogP contribution in [0.25, 0.3) is 10.9 Å². The number of benzene rings is 1. The quantitative estimate of drug-likeness (QED) is 0.915. The van der Waals surface area contributed by atoms with Gasteiger partial charge in [0.25, 0.3) is 0 Å². The van der Waals surface area contributed by atoms with Gasteiger partial charge in [0.05, 0.1) is 10.4 Å². The molecule has 1 aromatic carbocycles. The fourth-order valence-corrected chi connectivity index (χ4v) is 4.26. The van der Waals surface area contributed by atoms with Crippen LogP contribution in [0.2, 0.25) is 0 Å². The third-order valence-corrected chi connectivity index (χ3v) is 5.58. The number of aromatic nitrogens is 1. The Bertz CT molecular complexity index is 742. The normalized spacial score (nSPS) is 12.5. The highest BCUT2D eigenvalue weighted by Gasteiger charge is 2.28. The number of sulfonamides is 1. The molecule has 0 fully saturated rings. The lowest BCUT2D eigenvalue weighted by molar-refractivity contribution is 0.361. The molecule has 0 spiro atoms. The maximum Gasteiger partial charge on any atom is 0.244 e. The van der Waals surface area contributed by atoms with Crippen molar-refractivity contribution in [2.75, 3.05) is 13.1 Å². The zero-order valence-electron chi connectivity index (χ0n) is 12.6. The summed E-state index contributed by atoms with van der Waals surface area (Å²) in [5.74, 6) is 0. The van der Waals surface area contributed by atoms with Gasteiger partial charge in [0, 0.05) is 30.7 Å². The van der Waals surface area contributed by atoms with E-state index in [1.807, 2.05) is 20.8 Å². The van der Waals surface area contributed by atoms with Gasteiger partial charge in [-0.25, -0.2) is 8.42 Å². The van der Waals surface area contributed by atoms with Gasteiger partial charge in [-0.3, -0.25) is 4.98 Å². The second-order valence-electron chi connectivity index (χ2n) is 5.28. The highest BCUT2D eigenvalue weighted by Crippen LogP contribution is 2.27. The van der Waals surface area contributed by atoms with E-state index < -0.39 is 10.0 Å². The fraction of sp³-hybridized carbons (Fsp3) is 0.400. The van der Waals surface area contributed by atoms with Crippen LogP contribution in [0.15, 0.2) is 35.4 Å². The van der Waals surface area contributed by atoms with Crippen molar-refractivity contribution in [3.63, 3.8) is 0 Å². The van der Waals surface area contributed by atoms with Crippen LogP contribution >= 0.6 is 0 Å². The number of nitrogens with zero attached hydrogens (tertiary/aromatic N) is 2. The molecule has 0 aliphatic carbocycles.